The van der Waals surface area contributed by atoms with Crippen molar-refractivity contribution in [2.75, 3.05) is 45.2 Å². The Kier molecular flexibility index (Phi) is 6.16. The van der Waals surface area contributed by atoms with E-state index in [-0.39, 0.29) is 23.3 Å². The molecule has 1 amide bonds. The van der Waals surface area contributed by atoms with E-state index in [0.29, 0.717) is 45.5 Å². The fourth-order valence-corrected chi connectivity index (χ4v) is 6.52. The van der Waals surface area contributed by atoms with Gasteiger partial charge in [-0.1, -0.05) is 0 Å². The molecule has 32 heavy (non-hydrogen) atoms. The summed E-state index contributed by atoms with van der Waals surface area (Å²) in [7, 11) is 0. The molecule has 2 atom stereocenters. The fraction of sp³-hybridized carbons (Fsp3) is 0.708. The molecule has 0 aromatic heterocycles. The third-order valence-electron chi connectivity index (χ3n) is 7.69. The first-order valence-corrected chi connectivity index (χ1v) is 12.9. The number of hydrogen-bond acceptors (Lipinski definition) is 6. The van der Waals surface area contributed by atoms with Crippen molar-refractivity contribution in [3.8, 4) is 0 Å². The molecule has 0 aromatic rings. The Morgan fingerprint density at radius 3 is 2.81 bits per heavy atom. The quantitative estimate of drug-likeness (QED) is 0.654. The van der Waals surface area contributed by atoms with Crippen molar-refractivity contribution in [2.24, 2.45) is 5.92 Å². The predicted molar refractivity (Wildman–Crippen MR) is 123 cm³/mol. The van der Waals surface area contributed by atoms with Crippen LogP contribution >= 0.6 is 11.8 Å². The van der Waals surface area contributed by atoms with Crippen LogP contribution in [0, 0.1) is 5.92 Å². The predicted octanol–water partition coefficient (Wildman–Crippen LogP) is 2.92. The van der Waals surface area contributed by atoms with Crippen molar-refractivity contribution in [1.82, 2.24) is 15.1 Å². The number of rotatable bonds is 5. The molecule has 1 aliphatic carbocycles. The van der Waals surface area contributed by atoms with Gasteiger partial charge in [0.1, 0.15) is 5.83 Å². The summed E-state index contributed by atoms with van der Waals surface area (Å²) in [6.45, 7) is 5.86. The summed E-state index contributed by atoms with van der Waals surface area (Å²) in [4.78, 5) is 17.6. The number of nitrogens with zero attached hydrogens (tertiary/aromatic N) is 2. The van der Waals surface area contributed by atoms with Crippen LogP contribution in [0.5, 0.6) is 0 Å². The molecule has 6 nitrogen and oxygen atoms in total. The lowest BCUT2D eigenvalue weighted by atomic mass is 9.80. The maximum absolute atomic E-state index is 14.0. The molecule has 1 spiro atoms. The molecule has 0 aromatic carbocycles. The molecule has 4 aliphatic heterocycles. The Labute approximate surface area is 193 Å². The zero-order valence-corrected chi connectivity index (χ0v) is 19.7. The van der Waals surface area contributed by atoms with E-state index in [1.165, 1.54) is 5.57 Å². The second kappa shape index (κ2) is 8.78. The number of carbonyl (C=O) groups is 1. The average molecular weight is 464 g/mol. The number of thioether (sulfide) groups is 1. The SMILES string of the molecule is CC1(O)CCN(C(=O)C(CC2=CSCN2)CN2CCC3(CC2)OCC2=C3C=C(F)CC2)C1. The number of fused-ring (bicyclic) bond motifs is 1. The highest BCUT2D eigenvalue weighted by molar-refractivity contribution is 8.02. The lowest BCUT2D eigenvalue weighted by molar-refractivity contribution is -0.136. The number of β-amino-alcohol motifs (C(OH)–C–C–N with tert-alkyl or cyclic N) is 1. The number of allylic oxidation sites excluding steroid dienone is 2. The summed E-state index contributed by atoms with van der Waals surface area (Å²) >= 11 is 1.73. The van der Waals surface area contributed by atoms with Crippen LogP contribution in [-0.4, -0.2) is 77.2 Å². The molecule has 2 fully saturated rings. The summed E-state index contributed by atoms with van der Waals surface area (Å²) in [6, 6.07) is 0. The summed E-state index contributed by atoms with van der Waals surface area (Å²) in [5.74, 6) is 0.835. The van der Waals surface area contributed by atoms with Crippen LogP contribution in [0.1, 0.15) is 45.4 Å². The Balaban J connectivity index is 1.24. The van der Waals surface area contributed by atoms with Crippen LogP contribution in [0.4, 0.5) is 4.39 Å². The van der Waals surface area contributed by atoms with Gasteiger partial charge in [0.15, 0.2) is 0 Å². The van der Waals surface area contributed by atoms with E-state index in [9.17, 15) is 14.3 Å². The number of aliphatic hydroxyl groups is 1. The molecule has 0 radical (unpaired) electrons. The van der Waals surface area contributed by atoms with E-state index < -0.39 is 5.60 Å². The van der Waals surface area contributed by atoms with Gasteiger partial charge in [-0.2, -0.15) is 0 Å². The van der Waals surface area contributed by atoms with Crippen molar-refractivity contribution in [3.05, 3.63) is 34.2 Å². The first kappa shape index (κ1) is 22.4. The fourth-order valence-electron chi connectivity index (χ4n) is 5.79. The van der Waals surface area contributed by atoms with E-state index in [4.69, 9.17) is 4.74 Å². The summed E-state index contributed by atoms with van der Waals surface area (Å²) in [6.07, 6.45) is 6.01. The molecular weight excluding hydrogens is 429 g/mol. The van der Waals surface area contributed by atoms with Crippen molar-refractivity contribution in [2.45, 2.75) is 56.7 Å². The maximum Gasteiger partial charge on any atom is 0.227 e. The zero-order chi connectivity index (χ0) is 22.3. The van der Waals surface area contributed by atoms with Gasteiger partial charge in [0, 0.05) is 51.3 Å². The third-order valence-corrected chi connectivity index (χ3v) is 8.45. The van der Waals surface area contributed by atoms with Gasteiger partial charge in [-0.25, -0.2) is 4.39 Å². The number of piperidine rings is 1. The molecule has 5 rings (SSSR count). The topological polar surface area (TPSA) is 65.0 Å². The second-order valence-corrected chi connectivity index (χ2v) is 11.1. The number of carbonyl (C=O) groups excluding carboxylic acids is 1. The smallest absolute Gasteiger partial charge is 0.227 e. The van der Waals surface area contributed by atoms with Gasteiger partial charge in [0.25, 0.3) is 0 Å². The number of nitrogens with one attached hydrogen (secondary N) is 1. The Bertz CT molecular complexity index is 861. The van der Waals surface area contributed by atoms with Crippen molar-refractivity contribution >= 4 is 17.7 Å². The largest absolute Gasteiger partial charge is 0.388 e. The van der Waals surface area contributed by atoms with Gasteiger partial charge in [-0.3, -0.25) is 4.79 Å². The monoisotopic (exact) mass is 463 g/mol. The van der Waals surface area contributed by atoms with E-state index in [1.54, 1.807) is 17.8 Å². The molecule has 2 unspecified atom stereocenters. The minimum atomic E-state index is -0.785. The molecule has 176 valence electrons. The van der Waals surface area contributed by atoms with E-state index >= 15 is 0 Å². The molecular formula is C24H34FN3O3S. The molecule has 2 saturated heterocycles. The normalized spacial score (nSPS) is 30.9. The second-order valence-electron chi connectivity index (χ2n) is 10.2. The van der Waals surface area contributed by atoms with Gasteiger partial charge in [0.05, 0.1) is 29.6 Å². The third kappa shape index (κ3) is 4.52. The molecule has 8 heteroatoms. The lowest BCUT2D eigenvalue weighted by Crippen LogP contribution is -2.49. The highest BCUT2D eigenvalue weighted by atomic mass is 32.2. The van der Waals surface area contributed by atoms with Gasteiger partial charge in [-0.05, 0) is 55.2 Å². The number of hydrogen-bond donors (Lipinski definition) is 2. The van der Waals surface area contributed by atoms with E-state index in [2.05, 4.69) is 15.6 Å². The minimum Gasteiger partial charge on any atom is -0.388 e. The molecule has 5 aliphatic rings. The standard InChI is InChI=1S/C24H34FN3O3S/c1-23(30)4-9-28(15-23)22(29)18(10-20-14-32-16-26-20)12-27-7-5-24(6-8-27)21-11-19(25)3-2-17(21)13-31-24/h11,14,18,26,30H,2-10,12-13,15-16H2,1H3. The summed E-state index contributed by atoms with van der Waals surface area (Å²) in [5.41, 5.74) is 2.36. The average Bonchev–Trinajstić information content (AvgIpc) is 3.49. The van der Waals surface area contributed by atoms with Gasteiger partial charge >= 0.3 is 0 Å². The Morgan fingerprint density at radius 1 is 1.31 bits per heavy atom. The van der Waals surface area contributed by atoms with Crippen molar-refractivity contribution < 1.29 is 19.0 Å². The van der Waals surface area contributed by atoms with Gasteiger partial charge in [-0.15, -0.1) is 11.8 Å². The van der Waals surface area contributed by atoms with Crippen LogP contribution in [0.25, 0.3) is 0 Å². The van der Waals surface area contributed by atoms with Crippen LogP contribution in [-0.2, 0) is 9.53 Å². The first-order valence-electron chi connectivity index (χ1n) is 11.8. The van der Waals surface area contributed by atoms with Crippen molar-refractivity contribution in [3.63, 3.8) is 0 Å². The maximum atomic E-state index is 14.0. The highest BCUT2D eigenvalue weighted by Gasteiger charge is 2.45. The number of amides is 1. The number of likely N-dealkylation sites (tertiary alicyclic amines) is 2. The molecule has 2 N–H and O–H groups in total. The van der Waals surface area contributed by atoms with Crippen LogP contribution < -0.4 is 5.32 Å². The van der Waals surface area contributed by atoms with E-state index in [1.807, 2.05) is 11.8 Å². The zero-order valence-electron chi connectivity index (χ0n) is 18.9. The molecule has 0 saturated carbocycles. The first-order chi connectivity index (χ1) is 15.3. The number of ether oxygens (including phenoxy) is 1. The Hall–Kier alpha value is -1.35. The van der Waals surface area contributed by atoms with Crippen LogP contribution in [0.15, 0.2) is 34.2 Å². The van der Waals surface area contributed by atoms with E-state index in [0.717, 1.165) is 49.5 Å². The number of halogens is 1. The summed E-state index contributed by atoms with van der Waals surface area (Å²) < 4.78 is 20.2. The molecule has 4 heterocycles. The lowest BCUT2D eigenvalue weighted by Gasteiger charge is -2.41. The van der Waals surface area contributed by atoms with Crippen LogP contribution in [0.3, 0.4) is 0 Å². The van der Waals surface area contributed by atoms with Crippen molar-refractivity contribution in [1.29, 1.82) is 0 Å². The summed E-state index contributed by atoms with van der Waals surface area (Å²) in [5, 5.41) is 15.9. The Morgan fingerprint density at radius 2 is 2.12 bits per heavy atom. The highest BCUT2D eigenvalue weighted by Crippen LogP contribution is 2.45. The van der Waals surface area contributed by atoms with Gasteiger partial charge in [0.2, 0.25) is 5.91 Å². The minimum absolute atomic E-state index is 0.0292. The van der Waals surface area contributed by atoms with Gasteiger partial charge < -0.3 is 25.0 Å². The van der Waals surface area contributed by atoms with Crippen LogP contribution in [0.2, 0.25) is 0 Å². The molecule has 0 bridgehead atoms.